The number of halogens is 2. The van der Waals surface area contributed by atoms with Crippen LogP contribution < -0.4 is 5.32 Å². The molecule has 0 aromatic heterocycles. The number of nitrogens with one attached hydrogen (secondary N) is 1. The quantitative estimate of drug-likeness (QED) is 0.736. The van der Waals surface area contributed by atoms with Gasteiger partial charge in [0.15, 0.2) is 6.17 Å². The van der Waals surface area contributed by atoms with E-state index in [0.29, 0.717) is 4.31 Å². The molecule has 0 fully saturated rings. The molecule has 1 atom stereocenters. The van der Waals surface area contributed by atoms with Crippen molar-refractivity contribution in [1.29, 1.82) is 0 Å². The number of rotatable bonds is 3. The predicted molar refractivity (Wildman–Crippen MR) is 73.0 cm³/mol. The fraction of sp³-hybridized carbons (Fsp3) is 0.200. The van der Waals surface area contributed by atoms with Gasteiger partial charge in [-0.15, -0.1) is 0 Å². The summed E-state index contributed by atoms with van der Waals surface area (Å²) in [6.45, 7) is -1.02. The normalized spacial score (nSPS) is 20.4. The maximum atomic E-state index is 12.4. The molecule has 3 N–H and O–H groups in total. The second kappa shape index (κ2) is 5.34. The SMILES string of the molecule is O=C(O)CN1C(C(=O)O)Nc2cc(Cl)cc(Cl)c2S1(=O)=O. The maximum absolute atomic E-state index is 12.4. The van der Waals surface area contributed by atoms with Crippen LogP contribution >= 0.6 is 23.2 Å². The smallest absolute Gasteiger partial charge is 0.342 e. The van der Waals surface area contributed by atoms with Gasteiger partial charge in [0.2, 0.25) is 10.0 Å². The van der Waals surface area contributed by atoms with Gasteiger partial charge in [0, 0.05) is 5.02 Å². The number of fused-ring (bicyclic) bond motifs is 1. The second-order valence-corrected chi connectivity index (χ2v) is 6.76. The summed E-state index contributed by atoms with van der Waals surface area (Å²) in [6.07, 6.45) is -1.77. The van der Waals surface area contributed by atoms with Gasteiger partial charge in [0.1, 0.15) is 11.4 Å². The number of nitrogens with zero attached hydrogens (tertiary/aromatic N) is 1. The molecule has 2 rings (SSSR count). The van der Waals surface area contributed by atoms with Crippen molar-refractivity contribution in [3.63, 3.8) is 0 Å². The molecule has 1 unspecified atom stereocenters. The van der Waals surface area contributed by atoms with E-state index in [9.17, 15) is 18.0 Å². The Balaban J connectivity index is 2.68. The maximum Gasteiger partial charge on any atom is 0.342 e. The highest BCUT2D eigenvalue weighted by molar-refractivity contribution is 7.89. The number of carbonyl (C=O) groups is 2. The van der Waals surface area contributed by atoms with E-state index in [0.717, 1.165) is 0 Å². The average Bonchev–Trinajstić information content (AvgIpc) is 2.30. The Labute approximate surface area is 128 Å². The molecular weight excluding hydrogens is 347 g/mol. The first-order chi connectivity index (χ1) is 9.64. The molecular formula is C10H8Cl2N2O6S. The molecule has 1 aliphatic rings. The zero-order valence-electron chi connectivity index (χ0n) is 10.1. The van der Waals surface area contributed by atoms with Crippen molar-refractivity contribution in [3.8, 4) is 0 Å². The third-order valence-corrected chi connectivity index (χ3v) is 5.22. The van der Waals surface area contributed by atoms with Crippen molar-refractivity contribution in [2.45, 2.75) is 11.1 Å². The summed E-state index contributed by atoms with van der Waals surface area (Å²) in [5.41, 5.74) is -0.0958. The van der Waals surface area contributed by atoms with Crippen LogP contribution in [-0.4, -0.2) is 47.6 Å². The number of carboxylic acid groups (broad SMARTS) is 2. The summed E-state index contributed by atoms with van der Waals surface area (Å²) >= 11 is 11.6. The van der Waals surface area contributed by atoms with Crippen molar-refractivity contribution in [3.05, 3.63) is 22.2 Å². The van der Waals surface area contributed by atoms with Crippen LogP contribution in [-0.2, 0) is 19.6 Å². The summed E-state index contributed by atoms with van der Waals surface area (Å²) in [4.78, 5) is 21.6. The summed E-state index contributed by atoms with van der Waals surface area (Å²) < 4.78 is 25.1. The molecule has 114 valence electrons. The molecule has 0 saturated carbocycles. The van der Waals surface area contributed by atoms with E-state index < -0.39 is 39.6 Å². The van der Waals surface area contributed by atoms with Crippen LogP contribution in [0.15, 0.2) is 17.0 Å². The van der Waals surface area contributed by atoms with E-state index in [-0.39, 0.29) is 15.7 Å². The zero-order chi connectivity index (χ0) is 15.9. The lowest BCUT2D eigenvalue weighted by Gasteiger charge is -2.34. The lowest BCUT2D eigenvalue weighted by atomic mass is 10.3. The van der Waals surface area contributed by atoms with Gasteiger partial charge in [-0.1, -0.05) is 23.2 Å². The average molecular weight is 355 g/mol. The Hall–Kier alpha value is -1.55. The lowest BCUT2D eigenvalue weighted by molar-refractivity contribution is -0.142. The molecule has 11 heteroatoms. The first-order valence-electron chi connectivity index (χ1n) is 5.36. The van der Waals surface area contributed by atoms with Gasteiger partial charge in [-0.25, -0.2) is 13.2 Å². The molecule has 1 aromatic carbocycles. The van der Waals surface area contributed by atoms with Crippen LogP contribution in [0.5, 0.6) is 0 Å². The highest BCUT2D eigenvalue weighted by Crippen LogP contribution is 2.39. The number of hydrogen-bond donors (Lipinski definition) is 3. The van der Waals surface area contributed by atoms with Crippen LogP contribution in [0.4, 0.5) is 5.69 Å². The van der Waals surface area contributed by atoms with Crippen LogP contribution in [0.2, 0.25) is 10.0 Å². The first-order valence-corrected chi connectivity index (χ1v) is 7.56. The number of carboxylic acids is 2. The summed E-state index contributed by atoms with van der Waals surface area (Å²) in [7, 11) is -4.40. The van der Waals surface area contributed by atoms with Gasteiger partial charge in [-0.3, -0.25) is 4.79 Å². The van der Waals surface area contributed by atoms with Crippen LogP contribution in [0.3, 0.4) is 0 Å². The molecule has 0 spiro atoms. The van der Waals surface area contributed by atoms with E-state index >= 15 is 0 Å². The molecule has 0 radical (unpaired) electrons. The minimum atomic E-state index is -4.40. The second-order valence-electron chi connectivity index (χ2n) is 4.09. The van der Waals surface area contributed by atoms with Crippen molar-refractivity contribution in [2.75, 3.05) is 11.9 Å². The Morgan fingerprint density at radius 1 is 1.29 bits per heavy atom. The van der Waals surface area contributed by atoms with Crippen molar-refractivity contribution in [2.24, 2.45) is 0 Å². The standard InChI is InChI=1S/C10H8Cl2N2O6S/c11-4-1-5(12)8-6(2-4)13-9(10(17)18)14(3-7(15)16)21(8,19)20/h1-2,9,13H,3H2,(H,15,16)(H,17,18). The monoisotopic (exact) mass is 354 g/mol. The molecule has 21 heavy (non-hydrogen) atoms. The number of anilines is 1. The molecule has 0 amide bonds. The van der Waals surface area contributed by atoms with Gasteiger partial charge in [0.25, 0.3) is 0 Å². The third-order valence-electron chi connectivity index (χ3n) is 2.68. The Bertz CT molecular complexity index is 735. The fourth-order valence-electron chi connectivity index (χ4n) is 1.90. The van der Waals surface area contributed by atoms with Gasteiger partial charge in [-0.2, -0.15) is 4.31 Å². The minimum Gasteiger partial charge on any atom is -0.480 e. The van der Waals surface area contributed by atoms with E-state index in [1.165, 1.54) is 12.1 Å². The van der Waals surface area contributed by atoms with E-state index in [2.05, 4.69) is 5.32 Å². The number of sulfonamides is 1. The van der Waals surface area contributed by atoms with Gasteiger partial charge in [0.05, 0.1) is 10.7 Å². The molecule has 0 aliphatic carbocycles. The van der Waals surface area contributed by atoms with E-state index in [4.69, 9.17) is 33.4 Å². The molecule has 1 aliphatic heterocycles. The van der Waals surface area contributed by atoms with Crippen LogP contribution in [0.25, 0.3) is 0 Å². The van der Waals surface area contributed by atoms with Crippen molar-refractivity contribution in [1.82, 2.24) is 4.31 Å². The van der Waals surface area contributed by atoms with Gasteiger partial charge in [-0.05, 0) is 12.1 Å². The third kappa shape index (κ3) is 2.77. The fourth-order valence-corrected chi connectivity index (χ4v) is 4.32. The molecule has 0 saturated heterocycles. The lowest BCUT2D eigenvalue weighted by Crippen LogP contribution is -2.54. The van der Waals surface area contributed by atoms with Crippen molar-refractivity contribution >= 4 is 50.9 Å². The minimum absolute atomic E-state index is 0.0958. The molecule has 8 nitrogen and oxygen atoms in total. The summed E-state index contributed by atoms with van der Waals surface area (Å²) in [5.74, 6) is -3.05. The Kier molecular flexibility index (Phi) is 4.02. The summed E-state index contributed by atoms with van der Waals surface area (Å²) in [5, 5.41) is 20.1. The number of benzene rings is 1. The van der Waals surface area contributed by atoms with E-state index in [1.54, 1.807) is 0 Å². The Morgan fingerprint density at radius 3 is 2.43 bits per heavy atom. The molecule has 0 bridgehead atoms. The highest BCUT2D eigenvalue weighted by Gasteiger charge is 2.44. The topological polar surface area (TPSA) is 124 Å². The molecule has 1 heterocycles. The summed E-state index contributed by atoms with van der Waals surface area (Å²) in [6, 6.07) is 2.37. The van der Waals surface area contributed by atoms with E-state index in [1.807, 2.05) is 0 Å². The number of aliphatic carboxylic acids is 2. The first kappa shape index (κ1) is 15.8. The van der Waals surface area contributed by atoms with Crippen LogP contribution in [0.1, 0.15) is 0 Å². The zero-order valence-corrected chi connectivity index (χ0v) is 12.4. The van der Waals surface area contributed by atoms with Crippen LogP contribution in [0, 0.1) is 0 Å². The van der Waals surface area contributed by atoms with Gasteiger partial charge >= 0.3 is 11.9 Å². The molecule has 1 aromatic rings. The largest absolute Gasteiger partial charge is 0.480 e. The highest BCUT2D eigenvalue weighted by atomic mass is 35.5. The Morgan fingerprint density at radius 2 is 1.90 bits per heavy atom. The number of hydrogen-bond acceptors (Lipinski definition) is 5. The predicted octanol–water partition coefficient (Wildman–Crippen LogP) is 0.905. The van der Waals surface area contributed by atoms with Gasteiger partial charge < -0.3 is 15.5 Å². The van der Waals surface area contributed by atoms with Crippen molar-refractivity contribution < 1.29 is 28.2 Å².